The number of benzene rings is 1. The molecule has 1 aliphatic heterocycles. The number of methoxy groups -OCH3 is 1. The van der Waals surface area contributed by atoms with Gasteiger partial charge in [-0.1, -0.05) is 0 Å². The van der Waals surface area contributed by atoms with Gasteiger partial charge < -0.3 is 15.4 Å². The summed E-state index contributed by atoms with van der Waals surface area (Å²) < 4.78 is 4.74. The highest BCUT2D eigenvalue weighted by molar-refractivity contribution is 5.97. The average molecular weight is 262 g/mol. The van der Waals surface area contributed by atoms with Crippen molar-refractivity contribution in [3.05, 3.63) is 29.3 Å². The summed E-state index contributed by atoms with van der Waals surface area (Å²) in [6.07, 6.45) is 1.48. The molecule has 0 aliphatic carbocycles. The van der Waals surface area contributed by atoms with Crippen LogP contribution < -0.4 is 5.73 Å². The molecule has 1 aromatic carbocycles. The fraction of sp³-hybridized carbons (Fsp3) is 0.429. The lowest BCUT2D eigenvalue weighted by molar-refractivity contribution is -0.145. The molecule has 1 fully saturated rings. The average Bonchev–Trinajstić information content (AvgIpc) is 2.89. The van der Waals surface area contributed by atoms with Gasteiger partial charge in [-0.3, -0.25) is 4.79 Å². The number of ether oxygens (including phenoxy) is 1. The van der Waals surface area contributed by atoms with Crippen molar-refractivity contribution < 1.29 is 14.3 Å². The second-order valence-electron chi connectivity index (χ2n) is 4.75. The summed E-state index contributed by atoms with van der Waals surface area (Å²) in [7, 11) is 1.34. The minimum Gasteiger partial charge on any atom is -0.467 e. The summed E-state index contributed by atoms with van der Waals surface area (Å²) in [6, 6.07) is 4.70. The predicted octanol–water partition coefficient (Wildman–Crippen LogP) is 1.35. The van der Waals surface area contributed by atoms with E-state index in [-0.39, 0.29) is 11.9 Å². The first-order chi connectivity index (χ1) is 9.04. The lowest BCUT2D eigenvalue weighted by Crippen LogP contribution is -2.41. The molecule has 0 radical (unpaired) electrons. The van der Waals surface area contributed by atoms with E-state index in [9.17, 15) is 9.59 Å². The number of nitrogens with zero attached hydrogens (tertiary/aromatic N) is 1. The molecule has 2 rings (SSSR count). The van der Waals surface area contributed by atoms with Crippen LogP contribution in [-0.2, 0) is 9.53 Å². The summed E-state index contributed by atoms with van der Waals surface area (Å²) in [6.45, 7) is 2.44. The maximum absolute atomic E-state index is 12.4. The number of amides is 1. The standard InChI is InChI=1S/C14H18N2O3/c1-9-8-10(5-6-11(9)15)13(17)16-7-3-4-12(16)14(18)19-2/h5-6,8,12H,3-4,7,15H2,1-2H3. The first-order valence-corrected chi connectivity index (χ1v) is 6.29. The van der Waals surface area contributed by atoms with Crippen LogP contribution in [0.2, 0.25) is 0 Å². The van der Waals surface area contributed by atoms with E-state index in [1.54, 1.807) is 23.1 Å². The maximum atomic E-state index is 12.4. The molecular formula is C14H18N2O3. The molecule has 1 amide bonds. The summed E-state index contributed by atoms with van der Waals surface area (Å²) in [5.74, 6) is -0.492. The van der Waals surface area contributed by atoms with Crippen molar-refractivity contribution in [3.63, 3.8) is 0 Å². The molecule has 1 unspecified atom stereocenters. The van der Waals surface area contributed by atoms with Gasteiger partial charge in [-0.15, -0.1) is 0 Å². The van der Waals surface area contributed by atoms with Gasteiger partial charge in [-0.25, -0.2) is 4.79 Å². The number of aryl methyl sites for hydroxylation is 1. The third kappa shape index (κ3) is 2.54. The maximum Gasteiger partial charge on any atom is 0.328 e. The van der Waals surface area contributed by atoms with Crippen molar-refractivity contribution in [2.75, 3.05) is 19.4 Å². The molecule has 0 saturated carbocycles. The number of likely N-dealkylation sites (tertiary alicyclic amines) is 1. The molecule has 1 saturated heterocycles. The van der Waals surface area contributed by atoms with Crippen LogP contribution in [0.5, 0.6) is 0 Å². The quantitative estimate of drug-likeness (QED) is 0.645. The highest BCUT2D eigenvalue weighted by atomic mass is 16.5. The molecule has 1 heterocycles. The van der Waals surface area contributed by atoms with Gasteiger partial charge in [0, 0.05) is 17.8 Å². The van der Waals surface area contributed by atoms with Crippen LogP contribution >= 0.6 is 0 Å². The van der Waals surface area contributed by atoms with Crippen molar-refractivity contribution in [2.24, 2.45) is 0 Å². The Morgan fingerprint density at radius 2 is 2.16 bits per heavy atom. The monoisotopic (exact) mass is 262 g/mol. The van der Waals surface area contributed by atoms with Crippen molar-refractivity contribution in [2.45, 2.75) is 25.8 Å². The molecule has 0 aromatic heterocycles. The molecule has 1 aliphatic rings. The van der Waals surface area contributed by atoms with E-state index in [0.29, 0.717) is 24.2 Å². The lowest BCUT2D eigenvalue weighted by Gasteiger charge is -2.23. The number of hydrogen-bond donors (Lipinski definition) is 1. The molecule has 1 aromatic rings. The van der Waals surface area contributed by atoms with Crippen LogP contribution in [0.3, 0.4) is 0 Å². The first kappa shape index (κ1) is 13.4. The van der Waals surface area contributed by atoms with Crippen molar-refractivity contribution in [1.82, 2.24) is 4.90 Å². The summed E-state index contributed by atoms with van der Waals surface area (Å²) >= 11 is 0. The molecule has 0 bridgehead atoms. The van der Waals surface area contributed by atoms with Crippen LogP contribution in [0.25, 0.3) is 0 Å². The van der Waals surface area contributed by atoms with E-state index in [4.69, 9.17) is 10.5 Å². The molecular weight excluding hydrogens is 244 g/mol. The third-order valence-corrected chi connectivity index (χ3v) is 3.50. The van der Waals surface area contributed by atoms with Crippen LogP contribution in [-0.4, -0.2) is 36.5 Å². The topological polar surface area (TPSA) is 72.6 Å². The SMILES string of the molecule is COC(=O)C1CCCN1C(=O)c1ccc(N)c(C)c1. The van der Waals surface area contributed by atoms with E-state index in [1.807, 2.05) is 6.92 Å². The molecule has 1 atom stereocenters. The molecule has 19 heavy (non-hydrogen) atoms. The summed E-state index contributed by atoms with van der Waals surface area (Å²) in [4.78, 5) is 25.6. The van der Waals surface area contributed by atoms with Crippen LogP contribution in [0.1, 0.15) is 28.8 Å². The Hall–Kier alpha value is -2.04. The third-order valence-electron chi connectivity index (χ3n) is 3.50. The van der Waals surface area contributed by atoms with Gasteiger partial charge >= 0.3 is 5.97 Å². The van der Waals surface area contributed by atoms with E-state index >= 15 is 0 Å². The number of rotatable bonds is 2. The van der Waals surface area contributed by atoms with Crippen molar-refractivity contribution >= 4 is 17.6 Å². The molecule has 2 N–H and O–H groups in total. The molecule has 5 heteroatoms. The Kier molecular flexibility index (Phi) is 3.74. The Bertz CT molecular complexity index is 513. The Labute approximate surface area is 112 Å². The minimum atomic E-state index is -0.463. The molecule has 102 valence electrons. The van der Waals surface area contributed by atoms with Crippen LogP contribution in [0.15, 0.2) is 18.2 Å². The van der Waals surface area contributed by atoms with Crippen molar-refractivity contribution in [3.8, 4) is 0 Å². The van der Waals surface area contributed by atoms with Gasteiger partial charge in [-0.05, 0) is 43.5 Å². The van der Waals surface area contributed by atoms with E-state index in [2.05, 4.69) is 0 Å². The second kappa shape index (κ2) is 5.30. The Morgan fingerprint density at radius 3 is 2.79 bits per heavy atom. The Morgan fingerprint density at radius 1 is 1.42 bits per heavy atom. The minimum absolute atomic E-state index is 0.143. The number of nitrogen functional groups attached to an aromatic ring is 1. The molecule has 5 nitrogen and oxygen atoms in total. The van der Waals surface area contributed by atoms with Gasteiger partial charge in [0.2, 0.25) is 0 Å². The van der Waals surface area contributed by atoms with Gasteiger partial charge in [-0.2, -0.15) is 0 Å². The van der Waals surface area contributed by atoms with E-state index in [1.165, 1.54) is 7.11 Å². The number of nitrogens with two attached hydrogens (primary N) is 1. The molecule has 0 spiro atoms. The second-order valence-corrected chi connectivity index (χ2v) is 4.75. The van der Waals surface area contributed by atoms with Gasteiger partial charge in [0.05, 0.1) is 7.11 Å². The van der Waals surface area contributed by atoms with Gasteiger partial charge in [0.25, 0.3) is 5.91 Å². The fourth-order valence-corrected chi connectivity index (χ4v) is 2.37. The zero-order valence-corrected chi connectivity index (χ0v) is 11.2. The summed E-state index contributed by atoms with van der Waals surface area (Å²) in [5.41, 5.74) is 7.81. The largest absolute Gasteiger partial charge is 0.467 e. The number of esters is 1. The number of anilines is 1. The van der Waals surface area contributed by atoms with Crippen LogP contribution in [0, 0.1) is 6.92 Å². The van der Waals surface area contributed by atoms with Crippen molar-refractivity contribution in [1.29, 1.82) is 0 Å². The van der Waals surface area contributed by atoms with E-state index in [0.717, 1.165) is 12.0 Å². The Balaban J connectivity index is 2.23. The van der Waals surface area contributed by atoms with Crippen LogP contribution in [0.4, 0.5) is 5.69 Å². The smallest absolute Gasteiger partial charge is 0.328 e. The normalized spacial score (nSPS) is 18.4. The lowest BCUT2D eigenvalue weighted by atomic mass is 10.1. The number of hydrogen-bond acceptors (Lipinski definition) is 4. The first-order valence-electron chi connectivity index (χ1n) is 6.29. The number of carbonyl (C=O) groups is 2. The summed E-state index contributed by atoms with van der Waals surface area (Å²) in [5, 5.41) is 0. The predicted molar refractivity (Wildman–Crippen MR) is 71.7 cm³/mol. The highest BCUT2D eigenvalue weighted by Gasteiger charge is 2.35. The zero-order chi connectivity index (χ0) is 14.0. The fourth-order valence-electron chi connectivity index (χ4n) is 2.37. The number of carbonyl (C=O) groups excluding carboxylic acids is 2. The zero-order valence-electron chi connectivity index (χ0n) is 11.2. The highest BCUT2D eigenvalue weighted by Crippen LogP contribution is 2.22. The van der Waals surface area contributed by atoms with Gasteiger partial charge in [0.15, 0.2) is 0 Å². The van der Waals surface area contributed by atoms with Gasteiger partial charge in [0.1, 0.15) is 6.04 Å². The van der Waals surface area contributed by atoms with E-state index < -0.39 is 6.04 Å².